The Morgan fingerprint density at radius 2 is 2.00 bits per heavy atom. The summed E-state index contributed by atoms with van der Waals surface area (Å²) in [5.41, 5.74) is 7.73. The molecule has 1 aromatic heterocycles. The van der Waals surface area contributed by atoms with Gasteiger partial charge in [-0.25, -0.2) is 0 Å². The molecule has 0 atom stereocenters. The second-order valence-electron chi connectivity index (χ2n) is 3.77. The van der Waals surface area contributed by atoms with Crippen LogP contribution < -0.4 is 5.73 Å². The Bertz CT molecular complexity index is 448. The van der Waals surface area contributed by atoms with Crippen molar-refractivity contribution in [3.8, 4) is 0 Å². The monoisotopic (exact) mass is 235 g/mol. The summed E-state index contributed by atoms with van der Waals surface area (Å²) in [5.74, 6) is 0. The second kappa shape index (κ2) is 5.03. The number of hydrogen-bond acceptors (Lipinski definition) is 2. The number of nitrogens with two attached hydrogens (primary N) is 1. The molecule has 84 valence electrons. The van der Waals surface area contributed by atoms with E-state index in [9.17, 15) is 0 Å². The molecule has 0 spiro atoms. The predicted molar refractivity (Wildman–Crippen MR) is 66.4 cm³/mol. The molecule has 1 heterocycles. The van der Waals surface area contributed by atoms with Crippen molar-refractivity contribution in [2.45, 2.75) is 19.4 Å². The van der Waals surface area contributed by atoms with Crippen molar-refractivity contribution in [1.82, 2.24) is 9.78 Å². The SMILES string of the molecule is Nc1ccc(CCCn2cc(Cl)cn2)cc1. The molecule has 2 aromatic rings. The van der Waals surface area contributed by atoms with Crippen LogP contribution >= 0.6 is 11.6 Å². The normalized spacial score (nSPS) is 10.6. The number of nitrogen functional groups attached to an aromatic ring is 1. The minimum absolute atomic E-state index is 0.687. The highest BCUT2D eigenvalue weighted by Gasteiger charge is 1.97. The van der Waals surface area contributed by atoms with Crippen LogP contribution in [-0.4, -0.2) is 9.78 Å². The fraction of sp³-hybridized carbons (Fsp3) is 0.250. The summed E-state index contributed by atoms with van der Waals surface area (Å²) in [6.07, 6.45) is 5.56. The van der Waals surface area contributed by atoms with Crippen LogP contribution in [0.1, 0.15) is 12.0 Å². The molecule has 3 nitrogen and oxygen atoms in total. The summed E-state index contributed by atoms with van der Waals surface area (Å²) in [4.78, 5) is 0. The molecule has 0 radical (unpaired) electrons. The Balaban J connectivity index is 1.82. The van der Waals surface area contributed by atoms with Crippen LogP contribution in [0, 0.1) is 0 Å². The minimum atomic E-state index is 0.687. The Morgan fingerprint density at radius 1 is 1.25 bits per heavy atom. The third-order valence-electron chi connectivity index (χ3n) is 2.43. The fourth-order valence-electron chi connectivity index (χ4n) is 1.59. The van der Waals surface area contributed by atoms with Crippen molar-refractivity contribution in [2.75, 3.05) is 5.73 Å². The minimum Gasteiger partial charge on any atom is -0.399 e. The van der Waals surface area contributed by atoms with Crippen LogP contribution in [0.3, 0.4) is 0 Å². The van der Waals surface area contributed by atoms with Gasteiger partial charge < -0.3 is 5.73 Å². The zero-order chi connectivity index (χ0) is 11.4. The summed E-state index contributed by atoms with van der Waals surface area (Å²) >= 11 is 5.78. The Morgan fingerprint density at radius 3 is 2.62 bits per heavy atom. The van der Waals surface area contributed by atoms with Crippen LogP contribution in [0.4, 0.5) is 5.69 Å². The van der Waals surface area contributed by atoms with E-state index in [1.165, 1.54) is 5.56 Å². The van der Waals surface area contributed by atoms with Gasteiger partial charge in [0.2, 0.25) is 0 Å². The number of halogens is 1. The third kappa shape index (κ3) is 3.00. The maximum absolute atomic E-state index is 5.78. The van der Waals surface area contributed by atoms with Gasteiger partial charge in [-0.1, -0.05) is 23.7 Å². The summed E-state index contributed by atoms with van der Waals surface area (Å²) in [5, 5.41) is 4.81. The highest BCUT2D eigenvalue weighted by Crippen LogP contribution is 2.09. The van der Waals surface area contributed by atoms with Gasteiger partial charge in [-0.15, -0.1) is 0 Å². The molecule has 2 N–H and O–H groups in total. The largest absolute Gasteiger partial charge is 0.399 e. The van der Waals surface area contributed by atoms with Crippen molar-refractivity contribution in [3.05, 3.63) is 47.2 Å². The highest BCUT2D eigenvalue weighted by atomic mass is 35.5. The Labute approximate surface area is 99.8 Å². The lowest BCUT2D eigenvalue weighted by Crippen LogP contribution is -1.99. The predicted octanol–water partition coefficient (Wildman–Crippen LogP) is 2.75. The lowest BCUT2D eigenvalue weighted by atomic mass is 10.1. The van der Waals surface area contributed by atoms with Crippen molar-refractivity contribution in [1.29, 1.82) is 0 Å². The molecule has 0 fully saturated rings. The van der Waals surface area contributed by atoms with E-state index in [4.69, 9.17) is 17.3 Å². The van der Waals surface area contributed by atoms with Crippen molar-refractivity contribution in [3.63, 3.8) is 0 Å². The van der Waals surface area contributed by atoms with E-state index >= 15 is 0 Å². The van der Waals surface area contributed by atoms with Gasteiger partial charge in [0, 0.05) is 18.4 Å². The van der Waals surface area contributed by atoms with Gasteiger partial charge in [0.1, 0.15) is 0 Å². The molecule has 1 aromatic carbocycles. The number of aromatic nitrogens is 2. The van der Waals surface area contributed by atoms with E-state index in [1.807, 2.05) is 23.0 Å². The number of hydrogen-bond donors (Lipinski definition) is 1. The molecular weight excluding hydrogens is 222 g/mol. The summed E-state index contributed by atoms with van der Waals surface area (Å²) in [7, 11) is 0. The summed E-state index contributed by atoms with van der Waals surface area (Å²) in [6, 6.07) is 7.98. The Kier molecular flexibility index (Phi) is 3.47. The van der Waals surface area contributed by atoms with Gasteiger partial charge in [-0.05, 0) is 30.5 Å². The van der Waals surface area contributed by atoms with E-state index in [0.29, 0.717) is 5.02 Å². The fourth-order valence-corrected chi connectivity index (χ4v) is 1.75. The first-order valence-electron chi connectivity index (χ1n) is 5.26. The molecule has 0 aliphatic heterocycles. The molecule has 16 heavy (non-hydrogen) atoms. The smallest absolute Gasteiger partial charge is 0.0785 e. The van der Waals surface area contributed by atoms with E-state index in [-0.39, 0.29) is 0 Å². The molecule has 0 saturated carbocycles. The maximum atomic E-state index is 5.78. The van der Waals surface area contributed by atoms with Crippen molar-refractivity contribution < 1.29 is 0 Å². The molecule has 0 bridgehead atoms. The first-order chi connectivity index (χ1) is 7.74. The number of benzene rings is 1. The van der Waals surface area contributed by atoms with Gasteiger partial charge >= 0.3 is 0 Å². The lowest BCUT2D eigenvalue weighted by molar-refractivity contribution is 0.579. The lowest BCUT2D eigenvalue weighted by Gasteiger charge is -2.02. The van der Waals surface area contributed by atoms with Gasteiger partial charge in [-0.3, -0.25) is 4.68 Å². The van der Waals surface area contributed by atoms with Gasteiger partial charge in [0.15, 0.2) is 0 Å². The quantitative estimate of drug-likeness (QED) is 0.829. The van der Waals surface area contributed by atoms with Gasteiger partial charge in [0.05, 0.1) is 11.2 Å². The third-order valence-corrected chi connectivity index (χ3v) is 2.63. The van der Waals surface area contributed by atoms with E-state index in [2.05, 4.69) is 17.2 Å². The molecule has 0 aliphatic rings. The highest BCUT2D eigenvalue weighted by molar-refractivity contribution is 6.30. The van der Waals surface area contributed by atoms with Crippen molar-refractivity contribution >= 4 is 17.3 Å². The summed E-state index contributed by atoms with van der Waals surface area (Å²) < 4.78 is 1.86. The first kappa shape index (κ1) is 11.0. The zero-order valence-electron chi connectivity index (χ0n) is 8.94. The number of nitrogens with zero attached hydrogens (tertiary/aromatic N) is 2. The molecule has 0 amide bonds. The number of anilines is 1. The number of rotatable bonds is 4. The van der Waals surface area contributed by atoms with E-state index in [1.54, 1.807) is 6.20 Å². The average Bonchev–Trinajstić information content (AvgIpc) is 2.67. The van der Waals surface area contributed by atoms with Crippen LogP contribution in [0.5, 0.6) is 0 Å². The first-order valence-corrected chi connectivity index (χ1v) is 5.64. The standard InChI is InChI=1S/C12H14ClN3/c13-11-8-15-16(9-11)7-1-2-10-3-5-12(14)6-4-10/h3-6,8-9H,1-2,7,14H2. The molecule has 4 heteroatoms. The maximum Gasteiger partial charge on any atom is 0.0785 e. The van der Waals surface area contributed by atoms with Crippen LogP contribution in [0.2, 0.25) is 5.02 Å². The van der Waals surface area contributed by atoms with Crippen LogP contribution in [0.15, 0.2) is 36.7 Å². The van der Waals surface area contributed by atoms with E-state index in [0.717, 1.165) is 25.1 Å². The molecule has 0 unspecified atom stereocenters. The van der Waals surface area contributed by atoms with Gasteiger partial charge in [-0.2, -0.15) is 5.10 Å². The van der Waals surface area contributed by atoms with Crippen LogP contribution in [0.25, 0.3) is 0 Å². The molecule has 0 aliphatic carbocycles. The molecule has 0 saturated heterocycles. The second-order valence-corrected chi connectivity index (χ2v) is 4.20. The van der Waals surface area contributed by atoms with Crippen molar-refractivity contribution in [2.24, 2.45) is 0 Å². The van der Waals surface area contributed by atoms with Crippen LogP contribution in [-0.2, 0) is 13.0 Å². The average molecular weight is 236 g/mol. The Hall–Kier alpha value is -1.48. The van der Waals surface area contributed by atoms with Gasteiger partial charge in [0.25, 0.3) is 0 Å². The summed E-state index contributed by atoms with van der Waals surface area (Å²) in [6.45, 7) is 0.886. The molecule has 2 rings (SSSR count). The zero-order valence-corrected chi connectivity index (χ0v) is 9.69. The number of aryl methyl sites for hydroxylation is 2. The topological polar surface area (TPSA) is 43.8 Å². The van der Waals surface area contributed by atoms with E-state index < -0.39 is 0 Å². The molecular formula is C12H14ClN3.